The van der Waals surface area contributed by atoms with E-state index in [1.54, 1.807) is 0 Å². The second-order valence-corrected chi connectivity index (χ2v) is 3.47. The van der Waals surface area contributed by atoms with E-state index in [1.165, 1.54) is 24.1 Å². The van der Waals surface area contributed by atoms with Crippen LogP contribution in [0.4, 0.5) is 5.69 Å². The number of fused-ring (bicyclic) bond motifs is 1. The predicted molar refractivity (Wildman–Crippen MR) is 57.0 cm³/mol. The highest BCUT2D eigenvalue weighted by atomic mass is 14.9. The summed E-state index contributed by atoms with van der Waals surface area (Å²) in [6.07, 6.45) is 6.75. The van der Waals surface area contributed by atoms with Gasteiger partial charge in [-0.15, -0.1) is 0 Å². The van der Waals surface area contributed by atoms with Crippen LogP contribution in [0.15, 0.2) is 36.4 Å². The molecule has 1 aliphatic heterocycles. The molecule has 1 aliphatic rings. The molecule has 0 bridgehead atoms. The number of rotatable bonds is 1. The number of anilines is 1. The van der Waals surface area contributed by atoms with Gasteiger partial charge in [-0.2, -0.15) is 0 Å². The molecule has 1 heteroatoms. The van der Waals surface area contributed by atoms with Crippen molar-refractivity contribution in [3.8, 4) is 0 Å². The van der Waals surface area contributed by atoms with Crippen LogP contribution in [0, 0.1) is 0 Å². The number of hydrogen-bond donors (Lipinski definition) is 1. The van der Waals surface area contributed by atoms with Gasteiger partial charge in [0.1, 0.15) is 0 Å². The number of nitrogens with one attached hydrogen (secondary N) is 1. The van der Waals surface area contributed by atoms with Crippen LogP contribution in [0.3, 0.4) is 0 Å². The lowest BCUT2D eigenvalue weighted by Gasteiger charge is -2.24. The minimum atomic E-state index is 0.528. The van der Waals surface area contributed by atoms with Crippen LogP contribution < -0.4 is 5.32 Å². The van der Waals surface area contributed by atoms with Gasteiger partial charge in [0.2, 0.25) is 0 Å². The van der Waals surface area contributed by atoms with Gasteiger partial charge < -0.3 is 5.32 Å². The van der Waals surface area contributed by atoms with Crippen molar-refractivity contribution in [1.29, 1.82) is 0 Å². The first-order valence-corrected chi connectivity index (χ1v) is 4.87. The normalized spacial score (nSPS) is 21.2. The van der Waals surface area contributed by atoms with Gasteiger partial charge in [0.15, 0.2) is 0 Å². The molecule has 1 unspecified atom stereocenters. The molecule has 0 radical (unpaired) electrons. The fraction of sp³-hybridized carbons (Fsp3) is 0.333. The van der Waals surface area contributed by atoms with Crippen LogP contribution in [0.25, 0.3) is 0 Å². The standard InChI is InChI=1S/C12H15N/c1-2-5-11-9-8-10-6-3-4-7-12(10)13-11/h2-7,11,13H,8-9H2,1H3/b5-2+. The third-order valence-electron chi connectivity index (χ3n) is 2.51. The van der Waals surface area contributed by atoms with Crippen molar-refractivity contribution in [3.63, 3.8) is 0 Å². The van der Waals surface area contributed by atoms with E-state index < -0.39 is 0 Å². The Morgan fingerprint density at radius 3 is 3.08 bits per heavy atom. The van der Waals surface area contributed by atoms with Gasteiger partial charge in [-0.05, 0) is 31.4 Å². The Balaban J connectivity index is 2.19. The van der Waals surface area contributed by atoms with Crippen LogP contribution >= 0.6 is 0 Å². The molecule has 1 N–H and O–H groups in total. The largest absolute Gasteiger partial charge is 0.379 e. The summed E-state index contributed by atoms with van der Waals surface area (Å²) in [5, 5.41) is 3.51. The van der Waals surface area contributed by atoms with E-state index in [-0.39, 0.29) is 0 Å². The van der Waals surface area contributed by atoms with Gasteiger partial charge in [0, 0.05) is 11.7 Å². The zero-order chi connectivity index (χ0) is 9.10. The average Bonchev–Trinajstić information content (AvgIpc) is 2.18. The molecule has 13 heavy (non-hydrogen) atoms. The predicted octanol–water partition coefficient (Wildman–Crippen LogP) is 2.99. The summed E-state index contributed by atoms with van der Waals surface area (Å²) in [6.45, 7) is 2.07. The molecule has 0 saturated carbocycles. The van der Waals surface area contributed by atoms with Gasteiger partial charge in [0.05, 0.1) is 0 Å². The van der Waals surface area contributed by atoms with Crippen molar-refractivity contribution < 1.29 is 0 Å². The number of allylic oxidation sites excluding steroid dienone is 1. The summed E-state index contributed by atoms with van der Waals surface area (Å²) in [5.74, 6) is 0. The summed E-state index contributed by atoms with van der Waals surface area (Å²) in [7, 11) is 0. The smallest absolute Gasteiger partial charge is 0.0447 e. The fourth-order valence-corrected chi connectivity index (χ4v) is 1.84. The first-order valence-electron chi connectivity index (χ1n) is 4.87. The molecule has 68 valence electrons. The van der Waals surface area contributed by atoms with Crippen LogP contribution in [0.1, 0.15) is 18.9 Å². The lowest BCUT2D eigenvalue weighted by molar-refractivity contribution is 0.730. The topological polar surface area (TPSA) is 12.0 Å². The van der Waals surface area contributed by atoms with Crippen molar-refractivity contribution in [3.05, 3.63) is 42.0 Å². The number of hydrogen-bond acceptors (Lipinski definition) is 1. The zero-order valence-electron chi connectivity index (χ0n) is 7.96. The molecule has 0 saturated heterocycles. The Morgan fingerprint density at radius 1 is 1.38 bits per heavy atom. The minimum Gasteiger partial charge on any atom is -0.379 e. The maximum Gasteiger partial charge on any atom is 0.0447 e. The lowest BCUT2D eigenvalue weighted by atomic mass is 9.98. The molecule has 0 fully saturated rings. The molecule has 1 nitrogen and oxygen atoms in total. The van der Waals surface area contributed by atoms with Gasteiger partial charge in [0.25, 0.3) is 0 Å². The average molecular weight is 173 g/mol. The van der Waals surface area contributed by atoms with Gasteiger partial charge in [-0.3, -0.25) is 0 Å². The van der Waals surface area contributed by atoms with Crippen molar-refractivity contribution in [2.75, 3.05) is 5.32 Å². The number of benzene rings is 1. The van der Waals surface area contributed by atoms with Crippen LogP contribution in [0.5, 0.6) is 0 Å². The van der Waals surface area contributed by atoms with Crippen LogP contribution in [-0.2, 0) is 6.42 Å². The highest BCUT2D eigenvalue weighted by molar-refractivity contribution is 5.54. The van der Waals surface area contributed by atoms with Crippen LogP contribution in [-0.4, -0.2) is 6.04 Å². The SMILES string of the molecule is C/C=C/C1CCc2ccccc2N1. The summed E-state index contributed by atoms with van der Waals surface area (Å²) < 4.78 is 0. The van der Waals surface area contributed by atoms with E-state index in [4.69, 9.17) is 0 Å². The van der Waals surface area contributed by atoms with Gasteiger partial charge in [-0.25, -0.2) is 0 Å². The van der Waals surface area contributed by atoms with Crippen molar-refractivity contribution in [1.82, 2.24) is 0 Å². The fourth-order valence-electron chi connectivity index (χ4n) is 1.84. The van der Waals surface area contributed by atoms with Crippen molar-refractivity contribution in [2.45, 2.75) is 25.8 Å². The van der Waals surface area contributed by atoms with E-state index in [2.05, 4.69) is 48.7 Å². The van der Waals surface area contributed by atoms with E-state index in [0.717, 1.165) is 0 Å². The van der Waals surface area contributed by atoms with Crippen molar-refractivity contribution >= 4 is 5.69 Å². The minimum absolute atomic E-state index is 0.528. The number of aryl methyl sites for hydroxylation is 1. The number of para-hydroxylation sites is 1. The summed E-state index contributed by atoms with van der Waals surface area (Å²) in [6, 6.07) is 9.08. The van der Waals surface area contributed by atoms with Gasteiger partial charge >= 0.3 is 0 Å². The Hall–Kier alpha value is -1.24. The van der Waals surface area contributed by atoms with E-state index in [0.29, 0.717) is 6.04 Å². The van der Waals surface area contributed by atoms with Crippen LogP contribution in [0.2, 0.25) is 0 Å². The molecule has 0 aliphatic carbocycles. The zero-order valence-corrected chi connectivity index (χ0v) is 7.96. The Kier molecular flexibility index (Phi) is 2.35. The molecular weight excluding hydrogens is 158 g/mol. The van der Waals surface area contributed by atoms with Crippen molar-refractivity contribution in [2.24, 2.45) is 0 Å². The molecule has 0 aromatic heterocycles. The molecular formula is C12H15N. The molecule has 1 heterocycles. The molecule has 2 rings (SSSR count). The first kappa shape index (κ1) is 8.36. The molecule has 1 aromatic carbocycles. The Bertz CT molecular complexity index is 315. The van der Waals surface area contributed by atoms with Gasteiger partial charge in [-0.1, -0.05) is 30.4 Å². The highest BCUT2D eigenvalue weighted by Gasteiger charge is 2.13. The highest BCUT2D eigenvalue weighted by Crippen LogP contribution is 2.24. The third-order valence-corrected chi connectivity index (χ3v) is 2.51. The maximum atomic E-state index is 3.51. The second kappa shape index (κ2) is 3.65. The quantitative estimate of drug-likeness (QED) is 0.644. The molecule has 1 atom stereocenters. The van der Waals surface area contributed by atoms with E-state index >= 15 is 0 Å². The second-order valence-electron chi connectivity index (χ2n) is 3.47. The Morgan fingerprint density at radius 2 is 2.23 bits per heavy atom. The lowest BCUT2D eigenvalue weighted by Crippen LogP contribution is -2.22. The Labute approximate surface area is 79.5 Å². The first-order chi connectivity index (χ1) is 6.40. The van der Waals surface area contributed by atoms with E-state index in [9.17, 15) is 0 Å². The van der Waals surface area contributed by atoms with E-state index in [1.807, 2.05) is 0 Å². The maximum absolute atomic E-state index is 3.51. The molecule has 0 spiro atoms. The molecule has 0 amide bonds. The summed E-state index contributed by atoms with van der Waals surface area (Å²) in [5.41, 5.74) is 2.75. The summed E-state index contributed by atoms with van der Waals surface area (Å²) >= 11 is 0. The monoisotopic (exact) mass is 173 g/mol. The third kappa shape index (κ3) is 1.74. The molecule has 1 aromatic rings. The summed E-state index contributed by atoms with van der Waals surface area (Å²) in [4.78, 5) is 0.